The number of benzene rings is 1. The Hall–Kier alpha value is -2.70. The number of hydrogen-bond donors (Lipinski definition) is 0. The van der Waals surface area contributed by atoms with Gasteiger partial charge in [0.2, 0.25) is 5.91 Å². The van der Waals surface area contributed by atoms with E-state index in [0.717, 1.165) is 31.2 Å². The zero-order valence-corrected chi connectivity index (χ0v) is 18.9. The number of piperidine rings is 1. The third-order valence-electron chi connectivity index (χ3n) is 6.89. The quantitative estimate of drug-likeness (QED) is 0.709. The molecule has 1 spiro atoms. The van der Waals surface area contributed by atoms with Crippen LogP contribution in [0.5, 0.6) is 0 Å². The minimum atomic E-state index is 0.0465. The largest absolute Gasteiger partial charge is 0.339 e. The maximum atomic E-state index is 12.9. The summed E-state index contributed by atoms with van der Waals surface area (Å²) in [6.07, 6.45) is 3.72. The van der Waals surface area contributed by atoms with Crippen LogP contribution in [0.4, 0.5) is 0 Å². The number of carbonyl (C=O) groups excluding carboxylic acids is 2. The standard InChI is InChI=1S/C24H32N4O3/c1-16(2)13-18-5-7-19(8-6-18)22(29)28-11-9-24(10-12-28)14-20(24)23(30)27(4)15-21-17(3)25-31-26-21/h5-8,16,20H,9-15H2,1-4H3. The fourth-order valence-corrected chi connectivity index (χ4v) is 4.80. The van der Waals surface area contributed by atoms with Gasteiger partial charge in [-0.25, -0.2) is 4.63 Å². The number of likely N-dealkylation sites (tertiary alicyclic amines) is 1. The molecule has 1 unspecified atom stereocenters. The van der Waals surface area contributed by atoms with Gasteiger partial charge in [0, 0.05) is 31.6 Å². The molecule has 2 aliphatic rings. The average Bonchev–Trinajstić information content (AvgIpc) is 3.29. The minimum Gasteiger partial charge on any atom is -0.339 e. The monoisotopic (exact) mass is 424 g/mol. The van der Waals surface area contributed by atoms with Crippen LogP contribution in [-0.4, -0.2) is 52.1 Å². The molecule has 2 heterocycles. The first-order chi connectivity index (χ1) is 14.8. The Labute approximate surface area is 183 Å². The summed E-state index contributed by atoms with van der Waals surface area (Å²) in [5.74, 6) is 0.901. The Morgan fingerprint density at radius 2 is 1.87 bits per heavy atom. The second-order valence-corrected chi connectivity index (χ2v) is 9.70. The molecule has 1 aromatic carbocycles. The van der Waals surface area contributed by atoms with Crippen molar-refractivity contribution in [3.63, 3.8) is 0 Å². The highest BCUT2D eigenvalue weighted by Gasteiger charge is 2.59. The van der Waals surface area contributed by atoms with E-state index >= 15 is 0 Å². The van der Waals surface area contributed by atoms with E-state index in [1.54, 1.807) is 4.90 Å². The van der Waals surface area contributed by atoms with Gasteiger partial charge >= 0.3 is 0 Å². The highest BCUT2D eigenvalue weighted by atomic mass is 16.6. The lowest BCUT2D eigenvalue weighted by atomic mass is 9.90. The Bertz CT molecular complexity index is 942. The van der Waals surface area contributed by atoms with Crippen LogP contribution in [-0.2, 0) is 17.8 Å². The summed E-state index contributed by atoms with van der Waals surface area (Å²) >= 11 is 0. The number of rotatable bonds is 6. The van der Waals surface area contributed by atoms with Gasteiger partial charge in [-0.3, -0.25) is 9.59 Å². The van der Waals surface area contributed by atoms with E-state index in [9.17, 15) is 9.59 Å². The van der Waals surface area contributed by atoms with Gasteiger partial charge in [0.15, 0.2) is 0 Å². The van der Waals surface area contributed by atoms with E-state index in [0.29, 0.717) is 36.9 Å². The van der Waals surface area contributed by atoms with Gasteiger partial charge in [0.1, 0.15) is 11.4 Å². The van der Waals surface area contributed by atoms with Gasteiger partial charge in [0.25, 0.3) is 5.91 Å². The molecule has 31 heavy (non-hydrogen) atoms. The molecule has 0 radical (unpaired) electrons. The molecular formula is C24H32N4O3. The molecule has 166 valence electrons. The second-order valence-electron chi connectivity index (χ2n) is 9.70. The lowest BCUT2D eigenvalue weighted by molar-refractivity contribution is -0.133. The fourth-order valence-electron chi connectivity index (χ4n) is 4.80. The summed E-state index contributed by atoms with van der Waals surface area (Å²) < 4.78 is 4.73. The van der Waals surface area contributed by atoms with Crippen molar-refractivity contribution in [2.45, 2.75) is 53.0 Å². The summed E-state index contributed by atoms with van der Waals surface area (Å²) in [5, 5.41) is 7.65. The predicted octanol–water partition coefficient (Wildman–Crippen LogP) is 3.48. The first kappa shape index (κ1) is 21.5. The van der Waals surface area contributed by atoms with E-state index in [1.165, 1.54) is 5.56 Å². The highest BCUT2D eigenvalue weighted by molar-refractivity contribution is 5.94. The topological polar surface area (TPSA) is 79.5 Å². The summed E-state index contributed by atoms with van der Waals surface area (Å²) in [5.41, 5.74) is 3.49. The minimum absolute atomic E-state index is 0.0465. The Morgan fingerprint density at radius 3 is 2.45 bits per heavy atom. The molecule has 0 N–H and O–H groups in total. The van der Waals surface area contributed by atoms with Crippen molar-refractivity contribution in [2.24, 2.45) is 17.3 Å². The molecule has 0 bridgehead atoms. The lowest BCUT2D eigenvalue weighted by Gasteiger charge is -2.33. The number of aryl methyl sites for hydroxylation is 1. The van der Waals surface area contributed by atoms with Crippen LogP contribution in [0.2, 0.25) is 0 Å². The number of amides is 2. The van der Waals surface area contributed by atoms with Crippen molar-refractivity contribution < 1.29 is 14.2 Å². The van der Waals surface area contributed by atoms with Gasteiger partial charge < -0.3 is 9.80 Å². The van der Waals surface area contributed by atoms with E-state index in [4.69, 9.17) is 4.63 Å². The third-order valence-corrected chi connectivity index (χ3v) is 6.89. The highest BCUT2D eigenvalue weighted by Crippen LogP contribution is 2.60. The zero-order valence-electron chi connectivity index (χ0n) is 18.9. The van der Waals surface area contributed by atoms with Crippen LogP contribution in [0.25, 0.3) is 0 Å². The summed E-state index contributed by atoms with van der Waals surface area (Å²) in [7, 11) is 1.81. The first-order valence-corrected chi connectivity index (χ1v) is 11.2. The molecule has 1 saturated heterocycles. The number of carbonyl (C=O) groups is 2. The normalized spacial score (nSPS) is 19.6. The van der Waals surface area contributed by atoms with Crippen molar-refractivity contribution >= 4 is 11.8 Å². The second kappa shape index (κ2) is 8.44. The maximum Gasteiger partial charge on any atom is 0.253 e. The van der Waals surface area contributed by atoms with Gasteiger partial charge in [-0.1, -0.05) is 36.3 Å². The predicted molar refractivity (Wildman–Crippen MR) is 116 cm³/mol. The molecule has 2 fully saturated rings. The van der Waals surface area contributed by atoms with E-state index in [-0.39, 0.29) is 23.1 Å². The summed E-state index contributed by atoms with van der Waals surface area (Å²) in [6, 6.07) is 8.03. The van der Waals surface area contributed by atoms with Crippen molar-refractivity contribution in [3.8, 4) is 0 Å². The Kier molecular flexibility index (Phi) is 5.86. The summed E-state index contributed by atoms with van der Waals surface area (Å²) in [4.78, 5) is 29.5. The van der Waals surface area contributed by atoms with Crippen LogP contribution in [0.15, 0.2) is 28.9 Å². The Balaban J connectivity index is 1.30. The molecule has 1 atom stereocenters. The molecule has 7 heteroatoms. The van der Waals surface area contributed by atoms with Crippen LogP contribution >= 0.6 is 0 Å². The molecule has 1 aromatic heterocycles. The number of hydrogen-bond acceptors (Lipinski definition) is 5. The van der Waals surface area contributed by atoms with Gasteiger partial charge in [-0.2, -0.15) is 0 Å². The van der Waals surface area contributed by atoms with Crippen molar-refractivity contribution in [1.82, 2.24) is 20.1 Å². The number of aromatic nitrogens is 2. The van der Waals surface area contributed by atoms with Crippen molar-refractivity contribution in [2.75, 3.05) is 20.1 Å². The molecule has 2 aromatic rings. The van der Waals surface area contributed by atoms with Gasteiger partial charge in [-0.15, -0.1) is 0 Å². The van der Waals surface area contributed by atoms with Crippen LogP contribution in [0.3, 0.4) is 0 Å². The molecular weight excluding hydrogens is 392 g/mol. The van der Waals surface area contributed by atoms with Crippen LogP contribution in [0.1, 0.15) is 60.4 Å². The van der Waals surface area contributed by atoms with Gasteiger partial charge in [-0.05, 0) is 61.6 Å². The van der Waals surface area contributed by atoms with E-state index in [2.05, 4.69) is 36.3 Å². The van der Waals surface area contributed by atoms with Crippen molar-refractivity contribution in [3.05, 3.63) is 46.8 Å². The van der Waals surface area contributed by atoms with Gasteiger partial charge in [0.05, 0.1) is 6.54 Å². The maximum absolute atomic E-state index is 12.9. The zero-order chi connectivity index (χ0) is 22.2. The molecule has 7 nitrogen and oxygen atoms in total. The summed E-state index contributed by atoms with van der Waals surface area (Å²) in [6.45, 7) is 8.07. The van der Waals surface area contributed by atoms with E-state index in [1.807, 2.05) is 31.0 Å². The average molecular weight is 425 g/mol. The molecule has 2 amide bonds. The van der Waals surface area contributed by atoms with E-state index < -0.39 is 0 Å². The lowest BCUT2D eigenvalue weighted by Crippen LogP contribution is -2.40. The first-order valence-electron chi connectivity index (χ1n) is 11.2. The SMILES string of the molecule is Cc1nonc1CN(C)C(=O)C1CC12CCN(C(=O)c1ccc(CC(C)C)cc1)CC2. The molecule has 4 rings (SSSR count). The Morgan fingerprint density at radius 1 is 1.19 bits per heavy atom. The molecule has 1 aliphatic heterocycles. The van der Waals surface area contributed by atoms with Crippen LogP contribution in [0, 0.1) is 24.2 Å². The number of nitrogens with zero attached hydrogens (tertiary/aromatic N) is 4. The fraction of sp³-hybridized carbons (Fsp3) is 0.583. The van der Waals surface area contributed by atoms with Crippen molar-refractivity contribution in [1.29, 1.82) is 0 Å². The molecule has 1 saturated carbocycles. The third kappa shape index (κ3) is 4.50. The van der Waals surface area contributed by atoms with Crippen LogP contribution < -0.4 is 0 Å². The molecule has 1 aliphatic carbocycles. The smallest absolute Gasteiger partial charge is 0.253 e.